The first kappa shape index (κ1) is 20.8. The molecule has 0 aromatic rings. The van der Waals surface area contributed by atoms with E-state index in [1.807, 2.05) is 0 Å². The summed E-state index contributed by atoms with van der Waals surface area (Å²) in [4.78, 5) is 11.8. The standard InChI is InChI=1S/C19H36OS/c1-10-12-16(3,4)17(5,6)13-15(14-20)18(7,8)19(9,21)11-2/h13-14,21H,10-12H2,1-9H3/b15-13-. The zero-order valence-corrected chi connectivity index (χ0v) is 16.5. The van der Waals surface area contributed by atoms with Gasteiger partial charge in [0.25, 0.3) is 0 Å². The number of hydrogen-bond donors (Lipinski definition) is 1. The molecule has 0 heterocycles. The van der Waals surface area contributed by atoms with Crippen LogP contribution in [0, 0.1) is 16.2 Å². The Labute approximate surface area is 138 Å². The summed E-state index contributed by atoms with van der Waals surface area (Å²) < 4.78 is -0.204. The van der Waals surface area contributed by atoms with Gasteiger partial charge in [0.15, 0.2) is 0 Å². The van der Waals surface area contributed by atoms with E-state index < -0.39 is 0 Å². The maximum Gasteiger partial charge on any atom is 0.146 e. The summed E-state index contributed by atoms with van der Waals surface area (Å²) in [6.45, 7) is 19.8. The fraction of sp³-hybridized carbons (Fsp3) is 0.842. The van der Waals surface area contributed by atoms with Crippen LogP contribution in [-0.4, -0.2) is 11.0 Å². The molecule has 0 saturated carbocycles. The van der Waals surface area contributed by atoms with Crippen molar-refractivity contribution in [2.45, 2.75) is 86.3 Å². The van der Waals surface area contributed by atoms with Gasteiger partial charge in [-0.15, -0.1) is 0 Å². The van der Waals surface area contributed by atoms with E-state index >= 15 is 0 Å². The van der Waals surface area contributed by atoms with Crippen LogP contribution in [0.15, 0.2) is 11.6 Å². The monoisotopic (exact) mass is 312 g/mol. The van der Waals surface area contributed by atoms with Crippen molar-refractivity contribution < 1.29 is 4.79 Å². The molecule has 0 aliphatic rings. The summed E-state index contributed by atoms with van der Waals surface area (Å²) in [6, 6.07) is 0. The SMILES string of the molecule is CCCC(C)(C)C(C)(C)/C=C(/C=O)C(C)(C)C(C)(S)CC. The largest absolute Gasteiger partial charge is 0.298 e. The number of rotatable bonds is 8. The Morgan fingerprint density at radius 3 is 1.81 bits per heavy atom. The summed E-state index contributed by atoms with van der Waals surface area (Å²) in [5, 5.41) is 0. The van der Waals surface area contributed by atoms with Gasteiger partial charge in [0.05, 0.1) is 0 Å². The Balaban J connectivity index is 5.81. The van der Waals surface area contributed by atoms with Crippen molar-refractivity contribution in [1.82, 2.24) is 0 Å². The fourth-order valence-corrected chi connectivity index (χ4v) is 2.78. The summed E-state index contributed by atoms with van der Waals surface area (Å²) in [5.74, 6) is 0. The molecule has 0 rings (SSSR count). The molecular weight excluding hydrogens is 276 g/mol. The first-order valence-electron chi connectivity index (χ1n) is 8.20. The van der Waals surface area contributed by atoms with Crippen LogP contribution in [0.5, 0.6) is 0 Å². The molecule has 0 N–H and O–H groups in total. The van der Waals surface area contributed by atoms with Gasteiger partial charge in [-0.3, -0.25) is 4.79 Å². The lowest BCUT2D eigenvalue weighted by Crippen LogP contribution is -2.40. The predicted molar refractivity (Wildman–Crippen MR) is 98.1 cm³/mol. The van der Waals surface area contributed by atoms with Crippen LogP contribution in [0.2, 0.25) is 0 Å². The lowest BCUT2D eigenvalue weighted by molar-refractivity contribution is -0.106. The minimum Gasteiger partial charge on any atom is -0.298 e. The second-order valence-corrected chi connectivity index (χ2v) is 9.31. The summed E-state index contributed by atoms with van der Waals surface area (Å²) in [6.07, 6.45) is 6.46. The number of carbonyl (C=O) groups excluding carboxylic acids is 1. The highest BCUT2D eigenvalue weighted by atomic mass is 32.1. The predicted octanol–water partition coefficient (Wildman–Crippen LogP) is 6.09. The Bertz CT molecular complexity index is 386. The third-order valence-corrected chi connectivity index (χ3v) is 6.89. The Hall–Kier alpha value is -0.240. The molecular formula is C19H36OS. The number of hydrogen-bond acceptors (Lipinski definition) is 2. The molecule has 0 fully saturated rings. The highest BCUT2D eigenvalue weighted by Gasteiger charge is 2.42. The molecule has 1 atom stereocenters. The molecule has 0 spiro atoms. The molecule has 21 heavy (non-hydrogen) atoms. The fourth-order valence-electron chi connectivity index (χ4n) is 2.65. The molecule has 0 aromatic carbocycles. The smallest absolute Gasteiger partial charge is 0.146 e. The van der Waals surface area contributed by atoms with Gasteiger partial charge in [-0.25, -0.2) is 0 Å². The van der Waals surface area contributed by atoms with Crippen molar-refractivity contribution >= 4 is 18.9 Å². The number of thiol groups is 1. The van der Waals surface area contributed by atoms with E-state index in [0.29, 0.717) is 0 Å². The summed E-state index contributed by atoms with van der Waals surface area (Å²) in [5.41, 5.74) is 0.738. The van der Waals surface area contributed by atoms with Gasteiger partial charge in [0.1, 0.15) is 6.29 Å². The van der Waals surface area contributed by atoms with Crippen LogP contribution in [0.4, 0.5) is 0 Å². The van der Waals surface area contributed by atoms with Crippen LogP contribution in [0.1, 0.15) is 81.6 Å². The molecule has 0 amide bonds. The molecule has 0 aromatic heterocycles. The third kappa shape index (κ3) is 4.37. The second kappa shape index (κ2) is 6.89. The Kier molecular flexibility index (Phi) is 6.82. The van der Waals surface area contributed by atoms with Gasteiger partial charge < -0.3 is 0 Å². The van der Waals surface area contributed by atoms with Gasteiger partial charge in [0.2, 0.25) is 0 Å². The minimum absolute atomic E-state index is 0.0336. The van der Waals surface area contributed by atoms with Gasteiger partial charge in [-0.1, -0.05) is 67.9 Å². The topological polar surface area (TPSA) is 17.1 Å². The molecule has 0 radical (unpaired) electrons. The van der Waals surface area contributed by atoms with Crippen LogP contribution in [0.3, 0.4) is 0 Å². The molecule has 0 bridgehead atoms. The molecule has 0 aliphatic heterocycles. The maximum atomic E-state index is 11.8. The molecule has 0 saturated heterocycles. The van der Waals surface area contributed by atoms with Crippen molar-refractivity contribution in [1.29, 1.82) is 0 Å². The minimum atomic E-state index is -0.258. The van der Waals surface area contributed by atoms with Crippen molar-refractivity contribution in [2.75, 3.05) is 0 Å². The number of allylic oxidation sites excluding steroid dienone is 2. The zero-order chi connectivity index (χ0) is 17.1. The van der Waals surface area contributed by atoms with Gasteiger partial charge in [-0.2, -0.15) is 12.6 Å². The zero-order valence-electron chi connectivity index (χ0n) is 15.6. The van der Waals surface area contributed by atoms with Crippen LogP contribution in [0.25, 0.3) is 0 Å². The van der Waals surface area contributed by atoms with Crippen molar-refractivity contribution in [2.24, 2.45) is 16.2 Å². The summed E-state index contributed by atoms with van der Waals surface area (Å²) in [7, 11) is 0. The van der Waals surface area contributed by atoms with E-state index in [-0.39, 0.29) is 21.0 Å². The summed E-state index contributed by atoms with van der Waals surface area (Å²) >= 11 is 4.82. The molecule has 124 valence electrons. The first-order chi connectivity index (χ1) is 9.29. The van der Waals surface area contributed by atoms with E-state index in [2.05, 4.69) is 68.4 Å². The third-order valence-electron chi connectivity index (χ3n) is 6.02. The highest BCUT2D eigenvalue weighted by molar-refractivity contribution is 7.81. The average molecular weight is 313 g/mol. The molecule has 1 nitrogen and oxygen atoms in total. The van der Waals surface area contributed by atoms with Crippen molar-refractivity contribution in [3.8, 4) is 0 Å². The average Bonchev–Trinajstić information content (AvgIpc) is 2.35. The van der Waals surface area contributed by atoms with Crippen molar-refractivity contribution in [3.05, 3.63) is 11.6 Å². The lowest BCUT2D eigenvalue weighted by Gasteiger charge is -2.44. The molecule has 2 heteroatoms. The van der Waals surface area contributed by atoms with Crippen LogP contribution >= 0.6 is 12.6 Å². The first-order valence-corrected chi connectivity index (χ1v) is 8.64. The van der Waals surface area contributed by atoms with Crippen LogP contribution in [-0.2, 0) is 4.79 Å². The highest BCUT2D eigenvalue weighted by Crippen LogP contribution is 2.49. The van der Waals surface area contributed by atoms with E-state index in [1.54, 1.807) is 0 Å². The quantitative estimate of drug-likeness (QED) is 0.326. The van der Waals surface area contributed by atoms with E-state index in [1.165, 1.54) is 0 Å². The Morgan fingerprint density at radius 2 is 1.48 bits per heavy atom. The maximum absolute atomic E-state index is 11.8. The number of carbonyl (C=O) groups is 1. The van der Waals surface area contributed by atoms with E-state index in [4.69, 9.17) is 12.6 Å². The lowest BCUT2D eigenvalue weighted by atomic mass is 9.62. The normalized spacial score (nSPS) is 17.5. The Morgan fingerprint density at radius 1 is 1.00 bits per heavy atom. The molecule has 1 unspecified atom stereocenters. The number of aldehydes is 1. The van der Waals surface area contributed by atoms with Crippen molar-refractivity contribution in [3.63, 3.8) is 0 Å². The van der Waals surface area contributed by atoms with Gasteiger partial charge >= 0.3 is 0 Å². The van der Waals surface area contributed by atoms with E-state index in [9.17, 15) is 4.79 Å². The van der Waals surface area contributed by atoms with Crippen LogP contribution < -0.4 is 0 Å². The van der Waals surface area contributed by atoms with Gasteiger partial charge in [0, 0.05) is 10.2 Å². The molecule has 0 aliphatic carbocycles. The second-order valence-electron chi connectivity index (χ2n) is 8.33. The van der Waals surface area contributed by atoms with E-state index in [0.717, 1.165) is 31.1 Å². The van der Waals surface area contributed by atoms with Gasteiger partial charge in [-0.05, 0) is 36.2 Å².